The number of hydrogen-bond donors (Lipinski definition) is 0. The third-order valence-electron chi connectivity index (χ3n) is 12.2. The number of hydrogen-bond acceptors (Lipinski definition) is 2. The molecule has 10 rings (SSSR count). The molecule has 0 radical (unpaired) electrons. The maximum atomic E-state index is 5.38. The van der Waals surface area contributed by atoms with Crippen LogP contribution >= 0.6 is 0 Å². The lowest BCUT2D eigenvalue weighted by Crippen LogP contribution is -2.40. The summed E-state index contributed by atoms with van der Waals surface area (Å²) >= 11 is 0. The van der Waals surface area contributed by atoms with Crippen LogP contribution in [0.15, 0.2) is 146 Å². The molecule has 0 saturated carbocycles. The van der Waals surface area contributed by atoms with Crippen molar-refractivity contribution in [2.24, 2.45) is 5.92 Å². The SMILES string of the molecule is CC1CC(C)(C)c2ccc(-n3c4ccccc4c4ccc5c6ccccc6n(-c6cc(-c7ccccc7)nc(-c7ccccc7)n6)c5c43)cc2C1(C)C. The zero-order valence-electron chi connectivity index (χ0n) is 30.9. The summed E-state index contributed by atoms with van der Waals surface area (Å²) in [6.45, 7) is 12.1. The summed E-state index contributed by atoms with van der Waals surface area (Å²) < 4.78 is 4.90. The van der Waals surface area contributed by atoms with Crippen LogP contribution in [0.4, 0.5) is 0 Å². The van der Waals surface area contributed by atoms with E-state index in [0.29, 0.717) is 11.7 Å². The second kappa shape index (κ2) is 11.5. The molecule has 0 spiro atoms. The Hall–Kier alpha value is -6.00. The van der Waals surface area contributed by atoms with Crippen molar-refractivity contribution in [1.82, 2.24) is 19.1 Å². The predicted molar refractivity (Wildman–Crippen MR) is 221 cm³/mol. The van der Waals surface area contributed by atoms with Gasteiger partial charge in [0.1, 0.15) is 5.82 Å². The molecule has 3 aromatic heterocycles. The lowest BCUT2D eigenvalue weighted by atomic mass is 9.58. The van der Waals surface area contributed by atoms with E-state index in [4.69, 9.17) is 9.97 Å². The second-order valence-electron chi connectivity index (χ2n) is 16.2. The summed E-state index contributed by atoms with van der Waals surface area (Å²) in [5.41, 5.74) is 11.8. The summed E-state index contributed by atoms with van der Waals surface area (Å²) in [7, 11) is 0. The minimum absolute atomic E-state index is 0.0481. The molecule has 6 aromatic carbocycles. The molecule has 0 aliphatic heterocycles. The lowest BCUT2D eigenvalue weighted by molar-refractivity contribution is 0.233. The molecule has 0 bridgehead atoms. The fourth-order valence-corrected chi connectivity index (χ4v) is 9.22. The molecule has 1 unspecified atom stereocenters. The van der Waals surface area contributed by atoms with Crippen LogP contribution in [0.3, 0.4) is 0 Å². The molecule has 0 amide bonds. The van der Waals surface area contributed by atoms with Crippen LogP contribution in [0.5, 0.6) is 0 Å². The Kier molecular flexibility index (Phi) is 6.88. The van der Waals surface area contributed by atoms with Crippen LogP contribution in [0.25, 0.3) is 77.8 Å². The molecule has 9 aromatic rings. The maximum absolute atomic E-state index is 5.38. The van der Waals surface area contributed by atoms with Crippen LogP contribution in [-0.2, 0) is 10.8 Å². The fourth-order valence-electron chi connectivity index (χ4n) is 9.22. The normalized spacial score (nSPS) is 16.4. The molecule has 258 valence electrons. The first-order valence-corrected chi connectivity index (χ1v) is 18.8. The van der Waals surface area contributed by atoms with E-state index in [9.17, 15) is 0 Å². The van der Waals surface area contributed by atoms with E-state index in [1.165, 1.54) is 55.8 Å². The highest BCUT2D eigenvalue weighted by Gasteiger charge is 2.42. The van der Waals surface area contributed by atoms with Gasteiger partial charge < -0.3 is 4.57 Å². The first-order chi connectivity index (χ1) is 25.7. The predicted octanol–water partition coefficient (Wildman–Crippen LogP) is 12.6. The van der Waals surface area contributed by atoms with Crippen molar-refractivity contribution in [1.29, 1.82) is 0 Å². The van der Waals surface area contributed by atoms with E-state index in [0.717, 1.165) is 33.7 Å². The molecule has 0 saturated heterocycles. The summed E-state index contributed by atoms with van der Waals surface area (Å²) in [6.07, 6.45) is 1.18. The van der Waals surface area contributed by atoms with Crippen molar-refractivity contribution in [3.05, 3.63) is 157 Å². The Morgan fingerprint density at radius 1 is 0.528 bits per heavy atom. The largest absolute Gasteiger partial charge is 0.307 e. The van der Waals surface area contributed by atoms with Gasteiger partial charge in [-0.3, -0.25) is 4.57 Å². The molecule has 1 aliphatic rings. The van der Waals surface area contributed by atoms with Gasteiger partial charge in [-0.1, -0.05) is 150 Å². The van der Waals surface area contributed by atoms with Gasteiger partial charge in [0, 0.05) is 44.4 Å². The van der Waals surface area contributed by atoms with E-state index in [1.807, 2.05) is 6.07 Å². The zero-order valence-corrected chi connectivity index (χ0v) is 30.9. The van der Waals surface area contributed by atoms with E-state index in [2.05, 4.69) is 183 Å². The summed E-state index contributed by atoms with van der Waals surface area (Å²) in [5, 5.41) is 4.86. The number of para-hydroxylation sites is 2. The second-order valence-corrected chi connectivity index (χ2v) is 16.2. The molecular formula is C49H42N4. The highest BCUT2D eigenvalue weighted by atomic mass is 15.1. The van der Waals surface area contributed by atoms with E-state index < -0.39 is 0 Å². The van der Waals surface area contributed by atoms with Crippen molar-refractivity contribution in [2.75, 3.05) is 0 Å². The van der Waals surface area contributed by atoms with Gasteiger partial charge in [0.15, 0.2) is 5.82 Å². The van der Waals surface area contributed by atoms with Gasteiger partial charge in [0.25, 0.3) is 0 Å². The smallest absolute Gasteiger partial charge is 0.162 e. The fraction of sp³-hybridized carbons (Fsp3) is 0.184. The third kappa shape index (κ3) is 4.74. The Labute approximate surface area is 310 Å². The number of fused-ring (bicyclic) bond motifs is 8. The molecule has 1 aliphatic carbocycles. The first kappa shape index (κ1) is 31.7. The van der Waals surface area contributed by atoms with Crippen LogP contribution in [-0.4, -0.2) is 19.1 Å². The zero-order chi connectivity index (χ0) is 36.1. The topological polar surface area (TPSA) is 35.6 Å². The van der Waals surface area contributed by atoms with Gasteiger partial charge in [0.05, 0.1) is 27.8 Å². The maximum Gasteiger partial charge on any atom is 0.162 e. The van der Waals surface area contributed by atoms with E-state index in [1.54, 1.807) is 0 Å². The Bertz CT molecular complexity index is 2820. The number of aromatic nitrogens is 4. The molecule has 4 heteroatoms. The summed E-state index contributed by atoms with van der Waals surface area (Å²) in [5.74, 6) is 2.10. The van der Waals surface area contributed by atoms with Gasteiger partial charge in [0.2, 0.25) is 0 Å². The Balaban J connectivity index is 1.35. The van der Waals surface area contributed by atoms with Crippen molar-refractivity contribution in [3.8, 4) is 34.2 Å². The van der Waals surface area contributed by atoms with Crippen LogP contribution < -0.4 is 0 Å². The van der Waals surface area contributed by atoms with Crippen LogP contribution in [0, 0.1) is 5.92 Å². The number of rotatable bonds is 4. The minimum Gasteiger partial charge on any atom is -0.307 e. The molecule has 53 heavy (non-hydrogen) atoms. The summed E-state index contributed by atoms with van der Waals surface area (Å²) in [4.78, 5) is 10.5. The minimum atomic E-state index is 0.0481. The first-order valence-electron chi connectivity index (χ1n) is 18.8. The molecule has 0 N–H and O–H groups in total. The van der Waals surface area contributed by atoms with E-state index in [-0.39, 0.29) is 10.8 Å². The molecular weight excluding hydrogens is 645 g/mol. The van der Waals surface area contributed by atoms with Crippen molar-refractivity contribution in [2.45, 2.75) is 51.9 Å². The molecule has 3 heterocycles. The monoisotopic (exact) mass is 686 g/mol. The Morgan fingerprint density at radius 3 is 1.75 bits per heavy atom. The van der Waals surface area contributed by atoms with Gasteiger partial charge >= 0.3 is 0 Å². The Morgan fingerprint density at radius 2 is 1.09 bits per heavy atom. The van der Waals surface area contributed by atoms with Crippen molar-refractivity contribution in [3.63, 3.8) is 0 Å². The highest BCUT2D eigenvalue weighted by molar-refractivity contribution is 6.23. The third-order valence-corrected chi connectivity index (χ3v) is 12.2. The van der Waals surface area contributed by atoms with Crippen LogP contribution in [0.2, 0.25) is 0 Å². The average molecular weight is 687 g/mol. The van der Waals surface area contributed by atoms with Gasteiger partial charge in [-0.25, -0.2) is 9.97 Å². The number of benzene rings is 6. The number of nitrogens with zero attached hydrogens (tertiary/aromatic N) is 4. The summed E-state index contributed by atoms with van der Waals surface area (Å²) in [6, 6.07) is 52.5. The van der Waals surface area contributed by atoms with Gasteiger partial charge in [-0.2, -0.15) is 0 Å². The van der Waals surface area contributed by atoms with E-state index >= 15 is 0 Å². The lowest BCUT2D eigenvalue weighted by Gasteiger charge is -2.46. The molecule has 0 fully saturated rings. The highest BCUT2D eigenvalue weighted by Crippen LogP contribution is 2.50. The van der Waals surface area contributed by atoms with Crippen LogP contribution in [0.1, 0.15) is 52.2 Å². The molecule has 4 nitrogen and oxygen atoms in total. The quantitative estimate of drug-likeness (QED) is 0.185. The van der Waals surface area contributed by atoms with Crippen molar-refractivity contribution < 1.29 is 0 Å². The van der Waals surface area contributed by atoms with Crippen molar-refractivity contribution >= 4 is 43.6 Å². The van der Waals surface area contributed by atoms with Gasteiger partial charge in [-0.05, 0) is 58.6 Å². The standard InChI is InChI=1S/C49H42N4/c1-31-30-48(2,3)39-27-24-34(28-40(39)49(31,4)5)52-42-22-14-12-20-35(42)37-25-26-38-36-21-13-15-23-43(36)53(46(38)45(37)52)44-29-41(32-16-8-6-9-17-32)50-47(51-44)33-18-10-7-11-19-33/h6-29,31H,30H2,1-5H3. The van der Waals surface area contributed by atoms with Gasteiger partial charge in [-0.15, -0.1) is 0 Å². The molecule has 1 atom stereocenters. The average Bonchev–Trinajstić information content (AvgIpc) is 3.71.